The highest BCUT2D eigenvalue weighted by molar-refractivity contribution is 5.92. The molecule has 20 heavy (non-hydrogen) atoms. The molecule has 0 saturated heterocycles. The average Bonchev–Trinajstić information content (AvgIpc) is 2.48. The van der Waals surface area contributed by atoms with Crippen molar-refractivity contribution in [1.82, 2.24) is 0 Å². The third kappa shape index (κ3) is 4.54. The smallest absolute Gasteiger partial charge is 0.248 e. The predicted molar refractivity (Wildman–Crippen MR) is 82.7 cm³/mol. The molecule has 0 aliphatic rings. The van der Waals surface area contributed by atoms with Crippen molar-refractivity contribution in [3.05, 3.63) is 71.3 Å². The molecule has 0 aliphatic heterocycles. The number of carbonyl (C=O) groups is 1. The van der Waals surface area contributed by atoms with Crippen LogP contribution in [0.1, 0.15) is 40.7 Å². The minimum absolute atomic E-state index is 0.362. The van der Waals surface area contributed by atoms with Gasteiger partial charge in [0.15, 0.2) is 0 Å². The summed E-state index contributed by atoms with van der Waals surface area (Å²) in [6.07, 6.45) is 5.86. The molecule has 2 rings (SSSR count). The molecule has 0 fully saturated rings. The minimum Gasteiger partial charge on any atom is -0.366 e. The van der Waals surface area contributed by atoms with Crippen molar-refractivity contribution < 1.29 is 4.79 Å². The zero-order chi connectivity index (χ0) is 14.2. The van der Waals surface area contributed by atoms with Crippen LogP contribution >= 0.6 is 0 Å². The van der Waals surface area contributed by atoms with Crippen LogP contribution in [0.2, 0.25) is 0 Å². The topological polar surface area (TPSA) is 43.1 Å². The van der Waals surface area contributed by atoms with Gasteiger partial charge in [-0.25, -0.2) is 0 Å². The van der Waals surface area contributed by atoms with Gasteiger partial charge in [-0.2, -0.15) is 0 Å². The number of rotatable bonds is 7. The molecule has 0 heterocycles. The number of amides is 1. The molecule has 2 N–H and O–H groups in total. The predicted octanol–water partition coefficient (Wildman–Crippen LogP) is 3.74. The first-order valence-corrected chi connectivity index (χ1v) is 7.18. The van der Waals surface area contributed by atoms with Crippen molar-refractivity contribution in [3.8, 4) is 0 Å². The van der Waals surface area contributed by atoms with Crippen molar-refractivity contribution in [2.45, 2.75) is 32.1 Å². The van der Waals surface area contributed by atoms with E-state index >= 15 is 0 Å². The second kappa shape index (κ2) is 7.49. The van der Waals surface area contributed by atoms with Crippen molar-refractivity contribution in [3.63, 3.8) is 0 Å². The minimum atomic E-state index is -0.362. The van der Waals surface area contributed by atoms with Crippen molar-refractivity contribution in [1.29, 1.82) is 0 Å². The van der Waals surface area contributed by atoms with Crippen molar-refractivity contribution in [2.24, 2.45) is 5.73 Å². The first-order chi connectivity index (χ1) is 9.75. The van der Waals surface area contributed by atoms with Gasteiger partial charge < -0.3 is 5.73 Å². The lowest BCUT2D eigenvalue weighted by molar-refractivity contribution is 0.100. The number of hydrogen-bond acceptors (Lipinski definition) is 1. The van der Waals surface area contributed by atoms with Gasteiger partial charge in [-0.3, -0.25) is 4.79 Å². The Labute approximate surface area is 120 Å². The van der Waals surface area contributed by atoms with Crippen LogP contribution in [0, 0.1) is 0 Å². The molecular weight excluding hydrogens is 246 g/mol. The Balaban J connectivity index is 1.67. The van der Waals surface area contributed by atoms with E-state index in [1.807, 2.05) is 24.3 Å². The van der Waals surface area contributed by atoms with E-state index in [2.05, 4.69) is 30.3 Å². The molecule has 0 bridgehead atoms. The Kier molecular flexibility index (Phi) is 5.36. The summed E-state index contributed by atoms with van der Waals surface area (Å²) in [4.78, 5) is 11.0. The average molecular weight is 267 g/mol. The van der Waals surface area contributed by atoms with Crippen LogP contribution in [0.25, 0.3) is 0 Å². The van der Waals surface area contributed by atoms with Gasteiger partial charge in [-0.15, -0.1) is 0 Å². The van der Waals surface area contributed by atoms with Gasteiger partial charge in [0.25, 0.3) is 0 Å². The summed E-state index contributed by atoms with van der Waals surface area (Å²) in [5.41, 5.74) is 8.49. The van der Waals surface area contributed by atoms with Crippen LogP contribution in [0.4, 0.5) is 0 Å². The molecule has 0 saturated carbocycles. The van der Waals surface area contributed by atoms with E-state index < -0.39 is 0 Å². The molecular formula is C18H21NO. The normalized spacial score (nSPS) is 10.4. The van der Waals surface area contributed by atoms with Crippen molar-refractivity contribution in [2.75, 3.05) is 0 Å². The molecule has 0 unspecified atom stereocenters. The highest BCUT2D eigenvalue weighted by Crippen LogP contribution is 2.11. The van der Waals surface area contributed by atoms with Crippen LogP contribution in [-0.4, -0.2) is 5.91 Å². The lowest BCUT2D eigenvalue weighted by Crippen LogP contribution is -2.10. The zero-order valence-electron chi connectivity index (χ0n) is 11.7. The maximum absolute atomic E-state index is 11.0. The van der Waals surface area contributed by atoms with E-state index in [1.54, 1.807) is 0 Å². The fraction of sp³-hybridized carbons (Fsp3) is 0.278. The Morgan fingerprint density at radius 3 is 1.85 bits per heavy atom. The molecule has 104 valence electrons. The molecule has 2 nitrogen and oxygen atoms in total. The third-order valence-corrected chi connectivity index (χ3v) is 3.51. The molecule has 2 heteroatoms. The van der Waals surface area contributed by atoms with E-state index in [1.165, 1.54) is 30.4 Å². The van der Waals surface area contributed by atoms with Crippen molar-refractivity contribution >= 4 is 5.91 Å². The molecule has 0 radical (unpaired) electrons. The maximum Gasteiger partial charge on any atom is 0.248 e. The highest BCUT2D eigenvalue weighted by Gasteiger charge is 2.00. The van der Waals surface area contributed by atoms with Gasteiger partial charge in [0.05, 0.1) is 0 Å². The molecule has 0 atom stereocenters. The Bertz CT molecular complexity index is 531. The fourth-order valence-corrected chi connectivity index (χ4v) is 2.32. The molecule has 2 aromatic rings. The summed E-state index contributed by atoms with van der Waals surface area (Å²) >= 11 is 0. The summed E-state index contributed by atoms with van der Waals surface area (Å²) < 4.78 is 0. The molecule has 1 amide bonds. The number of primary amides is 1. The van der Waals surface area contributed by atoms with Crippen LogP contribution in [-0.2, 0) is 12.8 Å². The van der Waals surface area contributed by atoms with Gasteiger partial charge in [-0.05, 0) is 48.9 Å². The van der Waals surface area contributed by atoms with Gasteiger partial charge in [-0.1, -0.05) is 48.9 Å². The molecule has 0 aromatic heterocycles. The second-order valence-electron chi connectivity index (χ2n) is 5.11. The number of unbranched alkanes of at least 4 members (excludes halogenated alkanes) is 2. The monoisotopic (exact) mass is 267 g/mol. The van der Waals surface area contributed by atoms with E-state index in [4.69, 9.17) is 5.73 Å². The number of nitrogens with two attached hydrogens (primary N) is 1. The lowest BCUT2D eigenvalue weighted by atomic mass is 10.0. The Morgan fingerprint density at radius 2 is 1.30 bits per heavy atom. The number of benzene rings is 2. The lowest BCUT2D eigenvalue weighted by Gasteiger charge is -2.03. The van der Waals surface area contributed by atoms with E-state index in [-0.39, 0.29) is 5.91 Å². The molecule has 0 aliphatic carbocycles. The quantitative estimate of drug-likeness (QED) is 0.763. The number of carbonyl (C=O) groups excluding carboxylic acids is 1. The SMILES string of the molecule is NC(=O)c1ccc(CCCCCc2ccccc2)cc1. The van der Waals surface area contributed by atoms with Crippen LogP contribution < -0.4 is 5.73 Å². The summed E-state index contributed by atoms with van der Waals surface area (Å²) in [6, 6.07) is 18.2. The van der Waals surface area contributed by atoms with Gasteiger partial charge >= 0.3 is 0 Å². The van der Waals surface area contributed by atoms with Gasteiger partial charge in [0, 0.05) is 5.56 Å². The van der Waals surface area contributed by atoms with E-state index in [0.717, 1.165) is 12.8 Å². The maximum atomic E-state index is 11.0. The second-order valence-corrected chi connectivity index (χ2v) is 5.11. The van der Waals surface area contributed by atoms with Crippen LogP contribution in [0.5, 0.6) is 0 Å². The Hall–Kier alpha value is -2.09. The number of aryl methyl sites for hydroxylation is 2. The first kappa shape index (κ1) is 14.3. The molecule has 0 spiro atoms. The summed E-state index contributed by atoms with van der Waals surface area (Å²) in [5.74, 6) is -0.362. The highest BCUT2D eigenvalue weighted by atomic mass is 16.1. The zero-order valence-corrected chi connectivity index (χ0v) is 11.7. The summed E-state index contributed by atoms with van der Waals surface area (Å²) in [5, 5.41) is 0. The largest absolute Gasteiger partial charge is 0.366 e. The van der Waals surface area contributed by atoms with Crippen LogP contribution in [0.3, 0.4) is 0 Å². The van der Waals surface area contributed by atoms with E-state index in [9.17, 15) is 4.79 Å². The fourth-order valence-electron chi connectivity index (χ4n) is 2.32. The molecule has 2 aromatic carbocycles. The summed E-state index contributed by atoms with van der Waals surface area (Å²) in [6.45, 7) is 0. The van der Waals surface area contributed by atoms with Gasteiger partial charge in [0.2, 0.25) is 5.91 Å². The number of hydrogen-bond donors (Lipinski definition) is 1. The van der Waals surface area contributed by atoms with Crippen LogP contribution in [0.15, 0.2) is 54.6 Å². The summed E-state index contributed by atoms with van der Waals surface area (Å²) in [7, 11) is 0. The Morgan fingerprint density at radius 1 is 0.750 bits per heavy atom. The third-order valence-electron chi connectivity index (χ3n) is 3.51. The standard InChI is InChI=1S/C18H21NO/c19-18(20)17-13-11-16(12-14-17)10-6-2-5-9-15-7-3-1-4-8-15/h1,3-4,7-8,11-14H,2,5-6,9-10H2,(H2,19,20). The van der Waals surface area contributed by atoms with Gasteiger partial charge in [0.1, 0.15) is 0 Å². The van der Waals surface area contributed by atoms with E-state index in [0.29, 0.717) is 5.56 Å². The first-order valence-electron chi connectivity index (χ1n) is 7.18.